The Kier molecular flexibility index (Phi) is 8.17. The summed E-state index contributed by atoms with van der Waals surface area (Å²) in [5.74, 6) is 0.911. The van der Waals surface area contributed by atoms with E-state index in [0.29, 0.717) is 6.42 Å². The van der Waals surface area contributed by atoms with Crippen LogP contribution in [0.3, 0.4) is 0 Å². The van der Waals surface area contributed by atoms with Gasteiger partial charge in [0.05, 0.1) is 12.4 Å². The van der Waals surface area contributed by atoms with Crippen molar-refractivity contribution in [3.63, 3.8) is 0 Å². The number of nitrogen functional groups attached to an aromatic ring is 1. The zero-order chi connectivity index (χ0) is 23.9. The lowest BCUT2D eigenvalue weighted by Crippen LogP contribution is -2.24. The standard InChI is InChI=1S/C29H36FN3O/c1-21(7-8-22(2)34-26-13-18-33(20-26)17-4-14-30)29-27(23-11-15-32-16-12-23)6-3-5-24-19-25(31)9-10-28(24)29/h7-12,15-16,19,26H,3-6,13-14,17-18,20,31H2,1-2H3/b21-7+,22-8+/t26-/m0/s1. The van der Waals surface area contributed by atoms with E-state index >= 15 is 0 Å². The van der Waals surface area contributed by atoms with E-state index in [1.54, 1.807) is 0 Å². The van der Waals surface area contributed by atoms with Gasteiger partial charge in [0.15, 0.2) is 0 Å². The molecule has 4 nitrogen and oxygen atoms in total. The minimum atomic E-state index is -0.252. The van der Waals surface area contributed by atoms with Crippen molar-refractivity contribution in [2.24, 2.45) is 0 Å². The average Bonchev–Trinajstić information content (AvgIpc) is 3.20. The number of likely N-dealkylation sites (tertiary alicyclic amines) is 1. The molecule has 4 rings (SSSR count). The molecule has 1 aliphatic heterocycles. The molecule has 0 bridgehead atoms. The molecule has 5 heteroatoms. The first-order valence-corrected chi connectivity index (χ1v) is 12.4. The van der Waals surface area contributed by atoms with Crippen molar-refractivity contribution in [2.45, 2.75) is 52.1 Å². The predicted octanol–water partition coefficient (Wildman–Crippen LogP) is 6.21. The van der Waals surface area contributed by atoms with Crippen LogP contribution in [-0.2, 0) is 11.2 Å². The number of hydrogen-bond donors (Lipinski definition) is 1. The van der Waals surface area contributed by atoms with Crippen LogP contribution in [0.2, 0.25) is 0 Å². The van der Waals surface area contributed by atoms with Gasteiger partial charge in [-0.2, -0.15) is 0 Å². The number of pyridine rings is 1. The molecule has 0 saturated carbocycles. The summed E-state index contributed by atoms with van der Waals surface area (Å²) < 4.78 is 18.7. The van der Waals surface area contributed by atoms with E-state index in [0.717, 1.165) is 56.8 Å². The van der Waals surface area contributed by atoms with Crippen molar-refractivity contribution in [1.29, 1.82) is 0 Å². The highest BCUT2D eigenvalue weighted by atomic mass is 19.1. The lowest BCUT2D eigenvalue weighted by molar-refractivity contribution is 0.121. The summed E-state index contributed by atoms with van der Waals surface area (Å²) in [5, 5.41) is 0. The minimum Gasteiger partial charge on any atom is -0.494 e. The molecule has 1 fully saturated rings. The molecule has 1 aliphatic carbocycles. The maximum Gasteiger partial charge on any atom is 0.112 e. The first-order chi connectivity index (χ1) is 16.5. The minimum absolute atomic E-state index is 0.178. The Labute approximate surface area is 203 Å². The number of rotatable bonds is 8. The van der Waals surface area contributed by atoms with E-state index in [1.165, 1.54) is 33.4 Å². The summed E-state index contributed by atoms with van der Waals surface area (Å²) in [5.41, 5.74) is 14.6. The molecule has 180 valence electrons. The third kappa shape index (κ3) is 5.95. The number of ether oxygens (including phenoxy) is 1. The van der Waals surface area contributed by atoms with Gasteiger partial charge in [0.1, 0.15) is 6.10 Å². The van der Waals surface area contributed by atoms with Crippen LogP contribution in [-0.4, -0.2) is 42.3 Å². The number of aryl methyl sites for hydroxylation is 1. The Hall–Kier alpha value is -2.92. The van der Waals surface area contributed by atoms with Gasteiger partial charge >= 0.3 is 0 Å². The molecule has 2 heterocycles. The average molecular weight is 462 g/mol. The van der Waals surface area contributed by atoms with Crippen LogP contribution < -0.4 is 5.73 Å². The summed E-state index contributed by atoms with van der Waals surface area (Å²) in [6.07, 6.45) is 12.9. The Morgan fingerprint density at radius 3 is 2.79 bits per heavy atom. The molecular weight excluding hydrogens is 425 g/mol. The number of anilines is 1. The number of hydrogen-bond acceptors (Lipinski definition) is 4. The van der Waals surface area contributed by atoms with Crippen LogP contribution in [0.15, 0.2) is 66.2 Å². The van der Waals surface area contributed by atoms with Gasteiger partial charge in [-0.1, -0.05) is 12.1 Å². The van der Waals surface area contributed by atoms with Gasteiger partial charge < -0.3 is 10.5 Å². The normalized spacial score (nSPS) is 19.8. The van der Waals surface area contributed by atoms with Crippen molar-refractivity contribution in [1.82, 2.24) is 9.88 Å². The Bertz CT molecular complexity index is 1070. The number of aromatic nitrogens is 1. The number of fused-ring (bicyclic) bond motifs is 1. The van der Waals surface area contributed by atoms with Gasteiger partial charge in [-0.3, -0.25) is 14.3 Å². The fraction of sp³-hybridized carbons (Fsp3) is 0.414. The van der Waals surface area contributed by atoms with Crippen LogP contribution in [0.25, 0.3) is 11.1 Å². The van der Waals surface area contributed by atoms with Gasteiger partial charge in [0.25, 0.3) is 0 Å². The van der Waals surface area contributed by atoms with E-state index in [4.69, 9.17) is 10.5 Å². The van der Waals surface area contributed by atoms with E-state index in [1.807, 2.05) is 25.4 Å². The van der Waals surface area contributed by atoms with Crippen molar-refractivity contribution in [3.05, 3.63) is 82.9 Å². The second-order valence-electron chi connectivity index (χ2n) is 9.36. The Morgan fingerprint density at radius 2 is 2.00 bits per heavy atom. The summed E-state index contributed by atoms with van der Waals surface area (Å²) in [6, 6.07) is 10.5. The number of nitrogens with zero attached hydrogens (tertiary/aromatic N) is 2. The molecular formula is C29H36FN3O. The smallest absolute Gasteiger partial charge is 0.112 e. The van der Waals surface area contributed by atoms with Crippen LogP contribution in [0.1, 0.15) is 56.2 Å². The monoisotopic (exact) mass is 461 g/mol. The largest absolute Gasteiger partial charge is 0.494 e. The first-order valence-electron chi connectivity index (χ1n) is 12.4. The topological polar surface area (TPSA) is 51.4 Å². The summed E-state index contributed by atoms with van der Waals surface area (Å²) >= 11 is 0. The van der Waals surface area contributed by atoms with E-state index in [9.17, 15) is 4.39 Å². The highest BCUT2D eigenvalue weighted by Gasteiger charge is 2.23. The highest BCUT2D eigenvalue weighted by molar-refractivity contribution is 5.99. The molecule has 34 heavy (non-hydrogen) atoms. The molecule has 2 aromatic rings. The quantitative estimate of drug-likeness (QED) is 0.288. The van der Waals surface area contributed by atoms with Gasteiger partial charge in [0.2, 0.25) is 0 Å². The SMILES string of the molecule is C/C(=C\C=C(/C)C1=C(c2ccncc2)CCCc2cc(N)ccc21)O[C@H]1CCN(CCCF)C1. The van der Waals surface area contributed by atoms with Gasteiger partial charge in [-0.05, 0) is 110 Å². The fourth-order valence-corrected chi connectivity index (χ4v) is 5.11. The Balaban J connectivity index is 1.61. The van der Waals surface area contributed by atoms with Crippen LogP contribution in [0, 0.1) is 0 Å². The molecule has 1 saturated heterocycles. The molecule has 0 amide bonds. The number of halogens is 1. The van der Waals surface area contributed by atoms with Crippen LogP contribution in [0.4, 0.5) is 10.1 Å². The second-order valence-corrected chi connectivity index (χ2v) is 9.36. The van der Waals surface area contributed by atoms with Crippen molar-refractivity contribution in [3.8, 4) is 0 Å². The zero-order valence-electron chi connectivity index (χ0n) is 20.4. The lowest BCUT2D eigenvalue weighted by Gasteiger charge is -2.18. The molecule has 1 atom stereocenters. The Morgan fingerprint density at radius 1 is 1.18 bits per heavy atom. The van der Waals surface area contributed by atoms with E-state index < -0.39 is 0 Å². The molecule has 1 aromatic carbocycles. The van der Waals surface area contributed by atoms with Crippen molar-refractivity contribution in [2.75, 3.05) is 32.0 Å². The highest BCUT2D eigenvalue weighted by Crippen LogP contribution is 2.40. The summed E-state index contributed by atoms with van der Waals surface area (Å²) in [6.45, 7) is 6.62. The number of benzene rings is 1. The molecule has 0 unspecified atom stereocenters. The van der Waals surface area contributed by atoms with Crippen LogP contribution in [0.5, 0.6) is 0 Å². The van der Waals surface area contributed by atoms with Crippen molar-refractivity contribution < 1.29 is 9.13 Å². The van der Waals surface area contributed by atoms with Gasteiger partial charge in [0, 0.05) is 37.7 Å². The third-order valence-electron chi connectivity index (χ3n) is 6.75. The summed E-state index contributed by atoms with van der Waals surface area (Å²) in [7, 11) is 0. The molecule has 1 aromatic heterocycles. The number of allylic oxidation sites excluding steroid dienone is 6. The molecule has 2 N–H and O–H groups in total. The first kappa shape index (κ1) is 24.2. The van der Waals surface area contributed by atoms with Gasteiger partial charge in [-0.15, -0.1) is 0 Å². The van der Waals surface area contributed by atoms with E-state index in [2.05, 4.69) is 53.2 Å². The summed E-state index contributed by atoms with van der Waals surface area (Å²) in [4.78, 5) is 6.51. The molecule has 0 spiro atoms. The number of alkyl halides is 1. The predicted molar refractivity (Wildman–Crippen MR) is 139 cm³/mol. The van der Waals surface area contributed by atoms with Crippen molar-refractivity contribution >= 4 is 16.8 Å². The third-order valence-corrected chi connectivity index (χ3v) is 6.75. The zero-order valence-corrected chi connectivity index (χ0v) is 20.4. The maximum atomic E-state index is 12.5. The van der Waals surface area contributed by atoms with Crippen LogP contribution >= 0.6 is 0 Å². The lowest BCUT2D eigenvalue weighted by atomic mass is 9.88. The number of nitrogens with two attached hydrogens (primary N) is 1. The second kappa shape index (κ2) is 11.5. The molecule has 0 radical (unpaired) electrons. The van der Waals surface area contributed by atoms with Gasteiger partial charge in [-0.25, -0.2) is 0 Å². The fourth-order valence-electron chi connectivity index (χ4n) is 5.11. The van der Waals surface area contributed by atoms with E-state index in [-0.39, 0.29) is 12.8 Å². The molecule has 2 aliphatic rings. The maximum absolute atomic E-state index is 12.5.